The summed E-state index contributed by atoms with van der Waals surface area (Å²) in [5.74, 6) is 0.180. The van der Waals surface area contributed by atoms with E-state index in [0.29, 0.717) is 47.2 Å². The van der Waals surface area contributed by atoms with E-state index in [1.165, 1.54) is 21.9 Å². The van der Waals surface area contributed by atoms with E-state index in [1.807, 2.05) is 36.5 Å². The van der Waals surface area contributed by atoms with Crippen LogP contribution in [0.5, 0.6) is 0 Å². The number of piperidine rings is 1. The van der Waals surface area contributed by atoms with Crippen LogP contribution in [0.15, 0.2) is 71.8 Å². The Labute approximate surface area is 333 Å². The van der Waals surface area contributed by atoms with Crippen molar-refractivity contribution >= 4 is 57.3 Å². The summed E-state index contributed by atoms with van der Waals surface area (Å²) in [5, 5.41) is 10.3. The zero-order valence-corrected chi connectivity index (χ0v) is 32.4. The largest absolute Gasteiger partial charge is 0.396 e. The lowest BCUT2D eigenvalue weighted by molar-refractivity contribution is -0.135. The molecule has 3 unspecified atom stereocenters. The smallest absolute Gasteiger partial charge is 0.329 e. The van der Waals surface area contributed by atoms with Gasteiger partial charge in [0.25, 0.3) is 5.91 Å². The molecule has 4 aliphatic rings. The number of para-hydroxylation sites is 1. The maximum absolute atomic E-state index is 13.5. The Hall–Kier alpha value is -6.55. The van der Waals surface area contributed by atoms with Crippen LogP contribution in [0.4, 0.5) is 22.9 Å². The highest BCUT2D eigenvalue weighted by Gasteiger charge is 2.35. The predicted octanol–water partition coefficient (Wildman–Crippen LogP) is 3.16. The summed E-state index contributed by atoms with van der Waals surface area (Å²) in [6.07, 6.45) is 5.69. The summed E-state index contributed by atoms with van der Waals surface area (Å²) in [4.78, 5) is 67.3. The van der Waals surface area contributed by atoms with Crippen LogP contribution < -0.4 is 31.9 Å². The van der Waals surface area contributed by atoms with Crippen molar-refractivity contribution in [3.05, 3.63) is 94.3 Å². The van der Waals surface area contributed by atoms with Crippen LogP contribution in [0.2, 0.25) is 0 Å². The number of amides is 3. The monoisotopic (exact) mass is 780 g/mol. The van der Waals surface area contributed by atoms with E-state index in [-0.39, 0.29) is 30.0 Å². The van der Waals surface area contributed by atoms with Crippen LogP contribution in [0.3, 0.4) is 0 Å². The molecular formula is C42H44N12O4. The fourth-order valence-electron chi connectivity index (χ4n) is 8.97. The van der Waals surface area contributed by atoms with Gasteiger partial charge in [-0.3, -0.25) is 38.7 Å². The van der Waals surface area contributed by atoms with Gasteiger partial charge in [-0.15, -0.1) is 5.10 Å². The quantitative estimate of drug-likeness (QED) is 0.193. The van der Waals surface area contributed by atoms with Crippen molar-refractivity contribution in [3.8, 4) is 11.3 Å². The number of piperazine rings is 1. The summed E-state index contributed by atoms with van der Waals surface area (Å²) >= 11 is 0. The molecule has 3 atom stereocenters. The molecule has 2 aromatic carbocycles. The minimum atomic E-state index is -0.721. The molecular weight excluding hydrogens is 737 g/mol. The first-order valence-electron chi connectivity index (χ1n) is 19.9. The minimum Gasteiger partial charge on any atom is -0.396 e. The van der Waals surface area contributed by atoms with Gasteiger partial charge in [-0.25, -0.2) is 14.3 Å². The predicted molar refractivity (Wildman–Crippen MR) is 219 cm³/mol. The fraction of sp³-hybridized carbons (Fsp3) is 0.357. The Kier molecular flexibility index (Phi) is 8.54. The number of rotatable bonds is 8. The number of hydrogen-bond acceptors (Lipinski definition) is 11. The average molecular weight is 781 g/mol. The Morgan fingerprint density at radius 3 is 2.55 bits per heavy atom. The van der Waals surface area contributed by atoms with E-state index in [2.05, 4.69) is 61.5 Å². The van der Waals surface area contributed by atoms with Crippen LogP contribution in [-0.4, -0.2) is 90.1 Å². The first-order chi connectivity index (χ1) is 28.1. The molecule has 296 valence electrons. The minimum absolute atomic E-state index is 0.181. The van der Waals surface area contributed by atoms with Crippen LogP contribution in [0, 0.1) is 5.92 Å². The number of aromatic nitrogens is 6. The summed E-state index contributed by atoms with van der Waals surface area (Å²) in [5.41, 5.74) is 15.3. The number of fused-ring (bicyclic) bond motifs is 3. The summed E-state index contributed by atoms with van der Waals surface area (Å²) < 4.78 is 4.72. The van der Waals surface area contributed by atoms with Gasteiger partial charge in [-0.2, -0.15) is 0 Å². The number of pyridine rings is 1. The van der Waals surface area contributed by atoms with Crippen LogP contribution in [0.25, 0.3) is 27.9 Å². The van der Waals surface area contributed by atoms with Crippen LogP contribution in [0.1, 0.15) is 53.8 Å². The fourth-order valence-corrected chi connectivity index (χ4v) is 8.97. The molecule has 1 aliphatic carbocycles. The number of nitrogens with zero attached hydrogens (tertiary/aromatic N) is 9. The number of carbonyl (C=O) groups excluding carboxylic acids is 3. The van der Waals surface area contributed by atoms with E-state index in [9.17, 15) is 19.2 Å². The summed E-state index contributed by atoms with van der Waals surface area (Å²) in [6.45, 7) is 6.78. The lowest BCUT2D eigenvalue weighted by Gasteiger charge is -2.36. The lowest BCUT2D eigenvalue weighted by Crippen LogP contribution is -2.46. The molecule has 6 aromatic rings. The van der Waals surface area contributed by atoms with Gasteiger partial charge in [0.05, 0.1) is 34.3 Å². The number of aryl methyl sites for hydroxylation is 1. The van der Waals surface area contributed by atoms with E-state index in [1.54, 1.807) is 16.1 Å². The topological polar surface area (TPSA) is 181 Å². The Morgan fingerprint density at radius 1 is 0.966 bits per heavy atom. The summed E-state index contributed by atoms with van der Waals surface area (Å²) in [6, 6.07) is 17.6. The highest BCUT2D eigenvalue weighted by Crippen LogP contribution is 2.40. The lowest BCUT2D eigenvalue weighted by atomic mass is 10.0. The number of benzene rings is 2. The van der Waals surface area contributed by atoms with Gasteiger partial charge < -0.3 is 20.9 Å². The second kappa shape index (κ2) is 13.8. The molecule has 58 heavy (non-hydrogen) atoms. The van der Waals surface area contributed by atoms with Crippen molar-refractivity contribution in [2.75, 3.05) is 48.3 Å². The molecule has 0 radical (unpaired) electrons. The molecule has 3 amide bonds. The van der Waals surface area contributed by atoms with Gasteiger partial charge >= 0.3 is 5.69 Å². The highest BCUT2D eigenvalue weighted by molar-refractivity contribution is 6.00. The molecule has 0 spiro atoms. The van der Waals surface area contributed by atoms with Gasteiger partial charge in [0, 0.05) is 82.3 Å². The molecule has 7 heterocycles. The Morgan fingerprint density at radius 2 is 1.76 bits per heavy atom. The molecule has 2 saturated heterocycles. The van der Waals surface area contributed by atoms with Gasteiger partial charge in [0.15, 0.2) is 17.2 Å². The van der Waals surface area contributed by atoms with E-state index >= 15 is 0 Å². The first kappa shape index (κ1) is 35.8. The van der Waals surface area contributed by atoms with Crippen LogP contribution in [-0.2, 0) is 29.6 Å². The van der Waals surface area contributed by atoms with E-state index < -0.39 is 11.9 Å². The second-order valence-corrected chi connectivity index (χ2v) is 16.0. The van der Waals surface area contributed by atoms with Crippen molar-refractivity contribution in [1.82, 2.24) is 44.2 Å². The maximum atomic E-state index is 13.5. The van der Waals surface area contributed by atoms with Crippen molar-refractivity contribution in [2.24, 2.45) is 13.0 Å². The van der Waals surface area contributed by atoms with Gasteiger partial charge in [0.1, 0.15) is 6.04 Å². The summed E-state index contributed by atoms with van der Waals surface area (Å²) in [7, 11) is 1.74. The third-order valence-electron chi connectivity index (χ3n) is 12.3. The molecule has 1 saturated carbocycles. The molecule has 16 nitrogen and oxygen atoms in total. The number of nitrogens with two attached hydrogens (primary N) is 1. The number of nitrogen functional groups attached to an aromatic ring is 1. The number of imidazole rings is 2. The molecule has 3 aliphatic heterocycles. The number of carbonyl (C=O) groups is 3. The number of anilines is 4. The second-order valence-electron chi connectivity index (χ2n) is 16.0. The number of imide groups is 1. The molecule has 10 rings (SSSR count). The van der Waals surface area contributed by atoms with Gasteiger partial charge in [-0.05, 0) is 66.6 Å². The third kappa shape index (κ3) is 6.06. The molecule has 0 bridgehead atoms. The number of nitrogens with one attached hydrogen (secondary N) is 2. The zero-order valence-electron chi connectivity index (χ0n) is 32.4. The van der Waals surface area contributed by atoms with Crippen molar-refractivity contribution in [2.45, 2.75) is 51.2 Å². The number of hydrogen-bond donors (Lipinski definition) is 3. The normalized spacial score (nSPS) is 20.8. The van der Waals surface area contributed by atoms with E-state index in [4.69, 9.17) is 15.8 Å². The highest BCUT2D eigenvalue weighted by atomic mass is 16.2. The van der Waals surface area contributed by atoms with E-state index in [0.717, 1.165) is 73.7 Å². The standard InChI is InChI=1S/C42H44N12O4/c1-24-19-29(24)46-41(57)35-22-45-39-28(43)21-36(48-54(35)39)52-14-12-27-26(5-3-6-31(27)52)30-20-25(11-13-44-30)23-50-15-17-51(18-16-50)32-7-4-8-33-38(32)49(2)42(58)53(33)34-9-10-37(55)47-40(34)56/h3-8,11,13,20-22,24,29,34H,9-10,12,14-19,23,43H2,1-2H3,(H,46,57)(H,47,55,56). The zero-order chi connectivity index (χ0) is 39.8. The van der Waals surface area contributed by atoms with Crippen LogP contribution >= 0.6 is 0 Å². The molecule has 16 heteroatoms. The van der Waals surface area contributed by atoms with Gasteiger partial charge in [0.2, 0.25) is 11.8 Å². The first-order valence-corrected chi connectivity index (χ1v) is 19.9. The third-order valence-corrected chi connectivity index (χ3v) is 12.3. The molecule has 4 aromatic heterocycles. The molecule has 3 fully saturated rings. The average Bonchev–Trinajstić information content (AvgIpc) is 3.51. The van der Waals surface area contributed by atoms with Crippen molar-refractivity contribution in [3.63, 3.8) is 0 Å². The maximum Gasteiger partial charge on any atom is 0.329 e. The molecule has 4 N–H and O–H groups in total. The van der Waals surface area contributed by atoms with Crippen molar-refractivity contribution in [1.29, 1.82) is 0 Å². The SMILES string of the molecule is CC1CC1NC(=O)c1cnc2c(N)cc(N3CCc4c(-c5cc(CN6CCN(c7cccc8c7n(C)c(=O)n8C7CCC(=O)NC7=O)CC6)ccn5)cccc43)nn12. The Bertz CT molecular complexity index is 2730. The van der Waals surface area contributed by atoms with Gasteiger partial charge in [-0.1, -0.05) is 25.1 Å². The Balaban J connectivity index is 0.851. The van der Waals surface area contributed by atoms with Crippen molar-refractivity contribution < 1.29 is 14.4 Å².